The smallest absolute Gasteiger partial charge is 0.323 e. The SMILES string of the molecule is COC(=O)C(NCC1CCCO1)C(C)c1ccccc1. The topological polar surface area (TPSA) is 47.6 Å². The van der Waals surface area contributed by atoms with E-state index in [-0.39, 0.29) is 24.0 Å². The number of benzene rings is 1. The van der Waals surface area contributed by atoms with Crippen LogP contribution >= 0.6 is 0 Å². The summed E-state index contributed by atoms with van der Waals surface area (Å²) in [7, 11) is 1.43. The van der Waals surface area contributed by atoms with Gasteiger partial charge in [0.2, 0.25) is 0 Å². The fourth-order valence-corrected chi connectivity index (χ4v) is 2.60. The molecule has 1 saturated heterocycles. The fourth-order valence-electron chi connectivity index (χ4n) is 2.60. The van der Waals surface area contributed by atoms with Crippen molar-refractivity contribution in [2.24, 2.45) is 0 Å². The predicted molar refractivity (Wildman–Crippen MR) is 77.6 cm³/mol. The quantitative estimate of drug-likeness (QED) is 0.809. The van der Waals surface area contributed by atoms with Crippen molar-refractivity contribution in [3.8, 4) is 0 Å². The Morgan fingerprint density at radius 3 is 2.80 bits per heavy atom. The van der Waals surface area contributed by atoms with E-state index in [4.69, 9.17) is 9.47 Å². The molecule has 20 heavy (non-hydrogen) atoms. The number of ether oxygens (including phenoxy) is 2. The maximum atomic E-state index is 12.0. The molecule has 0 bridgehead atoms. The summed E-state index contributed by atoms with van der Waals surface area (Å²) in [6, 6.07) is 9.68. The zero-order valence-electron chi connectivity index (χ0n) is 12.2. The van der Waals surface area contributed by atoms with E-state index in [1.165, 1.54) is 7.11 Å². The van der Waals surface area contributed by atoms with E-state index in [1.807, 2.05) is 37.3 Å². The summed E-state index contributed by atoms with van der Waals surface area (Å²) >= 11 is 0. The van der Waals surface area contributed by atoms with Gasteiger partial charge in [0.15, 0.2) is 0 Å². The molecule has 0 radical (unpaired) electrons. The highest BCUT2D eigenvalue weighted by atomic mass is 16.5. The summed E-state index contributed by atoms with van der Waals surface area (Å²) < 4.78 is 10.5. The maximum absolute atomic E-state index is 12.0. The number of carbonyl (C=O) groups excluding carboxylic acids is 1. The maximum Gasteiger partial charge on any atom is 0.323 e. The van der Waals surface area contributed by atoms with Gasteiger partial charge in [0.25, 0.3) is 0 Å². The van der Waals surface area contributed by atoms with E-state index in [9.17, 15) is 4.79 Å². The fraction of sp³-hybridized carbons (Fsp3) is 0.562. The number of hydrogen-bond acceptors (Lipinski definition) is 4. The molecule has 0 spiro atoms. The zero-order valence-corrected chi connectivity index (χ0v) is 12.2. The summed E-state index contributed by atoms with van der Waals surface area (Å²) in [5.74, 6) is -0.163. The Kier molecular flexibility index (Phi) is 5.56. The monoisotopic (exact) mass is 277 g/mol. The van der Waals surface area contributed by atoms with E-state index < -0.39 is 0 Å². The molecule has 1 heterocycles. The Balaban J connectivity index is 2.00. The Labute approximate surface area is 120 Å². The van der Waals surface area contributed by atoms with Gasteiger partial charge < -0.3 is 14.8 Å². The lowest BCUT2D eigenvalue weighted by molar-refractivity contribution is -0.143. The molecule has 2 rings (SSSR count). The van der Waals surface area contributed by atoms with Crippen molar-refractivity contribution in [1.82, 2.24) is 5.32 Å². The van der Waals surface area contributed by atoms with Gasteiger partial charge in [0, 0.05) is 19.1 Å². The van der Waals surface area contributed by atoms with Gasteiger partial charge in [-0.05, 0) is 18.4 Å². The first-order chi connectivity index (χ1) is 9.72. The van der Waals surface area contributed by atoms with Gasteiger partial charge in [-0.1, -0.05) is 37.3 Å². The van der Waals surface area contributed by atoms with Crippen molar-refractivity contribution < 1.29 is 14.3 Å². The molecular formula is C16H23NO3. The average Bonchev–Trinajstić information content (AvgIpc) is 3.01. The van der Waals surface area contributed by atoms with Crippen LogP contribution in [0.5, 0.6) is 0 Å². The van der Waals surface area contributed by atoms with E-state index in [2.05, 4.69) is 5.32 Å². The molecule has 0 aliphatic carbocycles. The van der Waals surface area contributed by atoms with E-state index >= 15 is 0 Å². The summed E-state index contributed by atoms with van der Waals surface area (Å²) in [4.78, 5) is 12.0. The molecule has 3 atom stereocenters. The summed E-state index contributed by atoms with van der Waals surface area (Å²) in [6.45, 7) is 3.56. The largest absolute Gasteiger partial charge is 0.468 e. The molecule has 1 fully saturated rings. The third kappa shape index (κ3) is 3.81. The van der Waals surface area contributed by atoms with Gasteiger partial charge in [-0.15, -0.1) is 0 Å². The highest BCUT2D eigenvalue weighted by molar-refractivity contribution is 5.77. The lowest BCUT2D eigenvalue weighted by Crippen LogP contribution is -2.44. The van der Waals surface area contributed by atoms with E-state index in [1.54, 1.807) is 0 Å². The molecule has 3 unspecified atom stereocenters. The van der Waals surface area contributed by atoms with Gasteiger partial charge in [-0.25, -0.2) is 0 Å². The highest BCUT2D eigenvalue weighted by Crippen LogP contribution is 2.20. The minimum Gasteiger partial charge on any atom is -0.468 e. The van der Waals surface area contributed by atoms with Crippen LogP contribution in [-0.4, -0.2) is 38.4 Å². The number of esters is 1. The molecule has 1 N–H and O–H groups in total. The Bertz CT molecular complexity index is 415. The summed E-state index contributed by atoms with van der Waals surface area (Å²) in [5.41, 5.74) is 1.13. The summed E-state index contributed by atoms with van der Waals surface area (Å²) in [6.07, 6.45) is 2.37. The Hall–Kier alpha value is -1.39. The zero-order chi connectivity index (χ0) is 14.4. The molecule has 4 heteroatoms. The van der Waals surface area contributed by atoms with Crippen molar-refractivity contribution >= 4 is 5.97 Å². The first-order valence-electron chi connectivity index (χ1n) is 7.20. The molecule has 4 nitrogen and oxygen atoms in total. The van der Waals surface area contributed by atoms with E-state index in [0.29, 0.717) is 6.54 Å². The normalized spacial score (nSPS) is 21.4. The highest BCUT2D eigenvalue weighted by Gasteiger charge is 2.28. The van der Waals surface area contributed by atoms with Crippen molar-refractivity contribution in [3.63, 3.8) is 0 Å². The van der Waals surface area contributed by atoms with Crippen LogP contribution in [0.25, 0.3) is 0 Å². The Morgan fingerprint density at radius 2 is 2.20 bits per heavy atom. The van der Waals surface area contributed by atoms with Gasteiger partial charge in [0.05, 0.1) is 13.2 Å². The van der Waals surface area contributed by atoms with Crippen LogP contribution in [-0.2, 0) is 14.3 Å². The van der Waals surface area contributed by atoms with Crippen LogP contribution in [0, 0.1) is 0 Å². The van der Waals surface area contributed by atoms with Crippen molar-refractivity contribution in [3.05, 3.63) is 35.9 Å². The minimum absolute atomic E-state index is 0.0602. The lowest BCUT2D eigenvalue weighted by Gasteiger charge is -2.24. The van der Waals surface area contributed by atoms with Gasteiger partial charge in [0.1, 0.15) is 6.04 Å². The number of rotatable bonds is 6. The molecule has 0 amide bonds. The van der Waals surface area contributed by atoms with Gasteiger partial charge in [-0.3, -0.25) is 4.79 Å². The van der Waals surface area contributed by atoms with Crippen LogP contribution in [0.1, 0.15) is 31.2 Å². The van der Waals surface area contributed by atoms with Crippen LogP contribution in [0.15, 0.2) is 30.3 Å². The van der Waals surface area contributed by atoms with Crippen LogP contribution in [0.2, 0.25) is 0 Å². The molecule has 1 aliphatic heterocycles. The molecule has 1 aromatic carbocycles. The third-order valence-electron chi connectivity index (χ3n) is 3.87. The lowest BCUT2D eigenvalue weighted by atomic mass is 9.93. The van der Waals surface area contributed by atoms with Crippen LogP contribution < -0.4 is 5.32 Å². The summed E-state index contributed by atoms with van der Waals surface area (Å²) in [5, 5.41) is 3.31. The number of nitrogens with one attached hydrogen (secondary N) is 1. The molecule has 110 valence electrons. The molecular weight excluding hydrogens is 254 g/mol. The first-order valence-corrected chi connectivity index (χ1v) is 7.20. The number of methoxy groups -OCH3 is 1. The van der Waals surface area contributed by atoms with Gasteiger partial charge in [-0.2, -0.15) is 0 Å². The van der Waals surface area contributed by atoms with Crippen LogP contribution in [0.4, 0.5) is 0 Å². The van der Waals surface area contributed by atoms with Gasteiger partial charge >= 0.3 is 5.97 Å². The third-order valence-corrected chi connectivity index (χ3v) is 3.87. The second kappa shape index (κ2) is 7.41. The average molecular weight is 277 g/mol. The first kappa shape index (κ1) is 15.0. The number of hydrogen-bond donors (Lipinski definition) is 1. The molecule has 0 saturated carbocycles. The van der Waals surface area contributed by atoms with Crippen molar-refractivity contribution in [2.45, 2.75) is 37.8 Å². The molecule has 0 aromatic heterocycles. The molecule has 1 aliphatic rings. The minimum atomic E-state index is -0.341. The second-order valence-electron chi connectivity index (χ2n) is 5.24. The molecule has 1 aromatic rings. The van der Waals surface area contributed by atoms with E-state index in [0.717, 1.165) is 25.0 Å². The second-order valence-corrected chi connectivity index (χ2v) is 5.24. The predicted octanol–water partition coefficient (Wildman–Crippen LogP) is 2.10. The van der Waals surface area contributed by atoms with Crippen LogP contribution in [0.3, 0.4) is 0 Å². The van der Waals surface area contributed by atoms with Crippen molar-refractivity contribution in [2.75, 3.05) is 20.3 Å². The standard InChI is InChI=1S/C16H23NO3/c1-12(13-7-4-3-5-8-13)15(16(18)19-2)17-11-14-9-6-10-20-14/h3-5,7-8,12,14-15,17H,6,9-11H2,1-2H3. The van der Waals surface area contributed by atoms with Crippen molar-refractivity contribution in [1.29, 1.82) is 0 Å². The Morgan fingerprint density at radius 1 is 1.45 bits per heavy atom. The number of carbonyl (C=O) groups is 1.